The van der Waals surface area contributed by atoms with Gasteiger partial charge < -0.3 is 15.1 Å². The quantitative estimate of drug-likeness (QED) is 0.826. The van der Waals surface area contributed by atoms with Crippen LogP contribution in [0.4, 0.5) is 4.39 Å². The second-order valence-corrected chi connectivity index (χ2v) is 4.24. The summed E-state index contributed by atoms with van der Waals surface area (Å²) in [7, 11) is 0. The van der Waals surface area contributed by atoms with Crippen LogP contribution in [0.25, 0.3) is 0 Å². The fourth-order valence-electron chi connectivity index (χ4n) is 1.99. The van der Waals surface area contributed by atoms with Gasteiger partial charge in [-0.05, 0) is 18.6 Å². The van der Waals surface area contributed by atoms with Gasteiger partial charge in [0, 0.05) is 19.2 Å². The van der Waals surface area contributed by atoms with Crippen LogP contribution in [0.2, 0.25) is 0 Å². The van der Waals surface area contributed by atoms with E-state index in [2.05, 4.69) is 0 Å². The third-order valence-electron chi connectivity index (χ3n) is 3.01. The maximum atomic E-state index is 13.5. The molecule has 1 atom stereocenters. The fourth-order valence-corrected chi connectivity index (χ4v) is 1.99. The summed E-state index contributed by atoms with van der Waals surface area (Å²) < 4.78 is 13.5. The molecule has 1 aliphatic rings. The van der Waals surface area contributed by atoms with Crippen LogP contribution in [0.1, 0.15) is 16.8 Å². The van der Waals surface area contributed by atoms with Gasteiger partial charge in [0.25, 0.3) is 5.91 Å². The number of rotatable bonds is 2. The second kappa shape index (κ2) is 4.64. The van der Waals surface area contributed by atoms with Gasteiger partial charge >= 0.3 is 5.97 Å². The Balaban J connectivity index is 2.15. The molecule has 2 N–H and O–H groups in total. The zero-order valence-electron chi connectivity index (χ0n) is 9.47. The minimum absolute atomic E-state index is 0.0917. The van der Waals surface area contributed by atoms with Gasteiger partial charge in [0.05, 0.1) is 11.5 Å². The predicted molar refractivity (Wildman–Crippen MR) is 59.7 cm³/mol. The fraction of sp³-hybridized carbons (Fsp3) is 0.333. The number of phenols is 1. The lowest BCUT2D eigenvalue weighted by Crippen LogP contribution is -2.30. The van der Waals surface area contributed by atoms with Crippen LogP contribution in [0.3, 0.4) is 0 Å². The number of aliphatic carboxylic acids is 1. The van der Waals surface area contributed by atoms with Gasteiger partial charge in [0.1, 0.15) is 11.6 Å². The van der Waals surface area contributed by atoms with E-state index in [1.165, 1.54) is 17.0 Å². The van der Waals surface area contributed by atoms with Crippen molar-refractivity contribution in [1.29, 1.82) is 0 Å². The molecule has 0 spiro atoms. The van der Waals surface area contributed by atoms with E-state index in [0.29, 0.717) is 13.0 Å². The van der Waals surface area contributed by atoms with Gasteiger partial charge in [-0.1, -0.05) is 0 Å². The Morgan fingerprint density at radius 3 is 2.67 bits per heavy atom. The molecule has 96 valence electrons. The zero-order valence-corrected chi connectivity index (χ0v) is 9.47. The van der Waals surface area contributed by atoms with Crippen LogP contribution in [0.15, 0.2) is 18.2 Å². The van der Waals surface area contributed by atoms with E-state index in [1.807, 2.05) is 0 Å². The molecule has 1 amide bonds. The van der Waals surface area contributed by atoms with Crippen molar-refractivity contribution in [2.75, 3.05) is 13.1 Å². The minimum atomic E-state index is -0.948. The molecule has 1 unspecified atom stereocenters. The molecule has 0 aliphatic carbocycles. The van der Waals surface area contributed by atoms with Gasteiger partial charge in [0.15, 0.2) is 0 Å². The highest BCUT2D eigenvalue weighted by Crippen LogP contribution is 2.21. The number of hydrogen-bond donors (Lipinski definition) is 2. The van der Waals surface area contributed by atoms with Crippen molar-refractivity contribution in [3.63, 3.8) is 0 Å². The average molecular weight is 253 g/mol. The summed E-state index contributed by atoms with van der Waals surface area (Å²) >= 11 is 0. The van der Waals surface area contributed by atoms with Crippen molar-refractivity contribution < 1.29 is 24.2 Å². The summed E-state index contributed by atoms with van der Waals surface area (Å²) in [4.78, 5) is 24.0. The molecule has 5 nitrogen and oxygen atoms in total. The molecule has 0 bridgehead atoms. The highest BCUT2D eigenvalue weighted by atomic mass is 19.1. The molecule has 0 saturated carbocycles. The predicted octanol–water partition coefficient (Wildman–Crippen LogP) is 1.08. The molecule has 1 fully saturated rings. The van der Waals surface area contributed by atoms with Gasteiger partial charge in [-0.2, -0.15) is 0 Å². The summed E-state index contributed by atoms with van der Waals surface area (Å²) in [6.07, 6.45) is 0.376. The summed E-state index contributed by atoms with van der Waals surface area (Å²) in [5, 5.41) is 17.9. The first-order chi connectivity index (χ1) is 8.49. The summed E-state index contributed by atoms with van der Waals surface area (Å²) in [6.45, 7) is 0.393. The van der Waals surface area contributed by atoms with Gasteiger partial charge in [0.2, 0.25) is 0 Å². The molecule has 1 saturated heterocycles. The standard InChI is InChI=1S/C12H12FNO4/c13-10-5-8(15)1-2-9(10)11(16)14-4-3-7(6-14)12(17)18/h1-2,5,7,15H,3-4,6H2,(H,17,18). The number of halogens is 1. The van der Waals surface area contributed by atoms with Crippen LogP contribution < -0.4 is 0 Å². The number of amides is 1. The monoisotopic (exact) mass is 253 g/mol. The Bertz CT molecular complexity index is 503. The van der Waals surface area contributed by atoms with Crippen molar-refractivity contribution in [2.45, 2.75) is 6.42 Å². The number of hydrogen-bond acceptors (Lipinski definition) is 3. The lowest BCUT2D eigenvalue weighted by Gasteiger charge is -2.16. The van der Waals surface area contributed by atoms with E-state index in [-0.39, 0.29) is 17.9 Å². The maximum absolute atomic E-state index is 13.5. The molecule has 1 aromatic rings. The van der Waals surface area contributed by atoms with Crippen LogP contribution in [0.5, 0.6) is 5.75 Å². The molecule has 2 rings (SSSR count). The van der Waals surface area contributed by atoms with E-state index in [4.69, 9.17) is 10.2 Å². The van der Waals surface area contributed by atoms with Crippen LogP contribution in [-0.2, 0) is 4.79 Å². The molecule has 0 radical (unpaired) electrons. The van der Waals surface area contributed by atoms with Gasteiger partial charge in [-0.3, -0.25) is 9.59 Å². The van der Waals surface area contributed by atoms with E-state index in [0.717, 1.165) is 6.07 Å². The van der Waals surface area contributed by atoms with Crippen LogP contribution in [-0.4, -0.2) is 40.1 Å². The number of carboxylic acid groups (broad SMARTS) is 1. The number of phenolic OH excluding ortho intramolecular Hbond substituents is 1. The molecular weight excluding hydrogens is 241 g/mol. The summed E-state index contributed by atoms with van der Waals surface area (Å²) in [5.41, 5.74) is -0.154. The third-order valence-corrected chi connectivity index (χ3v) is 3.01. The molecule has 0 aromatic heterocycles. The smallest absolute Gasteiger partial charge is 0.308 e. The molecule has 6 heteroatoms. The number of carbonyl (C=O) groups excluding carboxylic acids is 1. The highest BCUT2D eigenvalue weighted by Gasteiger charge is 2.32. The van der Waals surface area contributed by atoms with Crippen molar-refractivity contribution in [3.05, 3.63) is 29.6 Å². The molecule has 1 aliphatic heterocycles. The van der Waals surface area contributed by atoms with E-state index >= 15 is 0 Å². The number of carbonyl (C=O) groups is 2. The summed E-state index contributed by atoms with van der Waals surface area (Å²) in [6, 6.07) is 3.28. The Kier molecular flexibility index (Phi) is 3.18. The van der Waals surface area contributed by atoms with Crippen molar-refractivity contribution in [3.8, 4) is 5.75 Å². The minimum Gasteiger partial charge on any atom is -0.508 e. The second-order valence-electron chi connectivity index (χ2n) is 4.24. The Labute approximate surface area is 102 Å². The van der Waals surface area contributed by atoms with Crippen LogP contribution >= 0.6 is 0 Å². The number of carboxylic acids is 1. The number of benzene rings is 1. The lowest BCUT2D eigenvalue weighted by atomic mass is 10.1. The van der Waals surface area contributed by atoms with Gasteiger partial charge in [-0.15, -0.1) is 0 Å². The highest BCUT2D eigenvalue weighted by molar-refractivity contribution is 5.95. The normalized spacial score (nSPS) is 18.9. The van der Waals surface area contributed by atoms with E-state index < -0.39 is 23.6 Å². The number of aromatic hydroxyl groups is 1. The lowest BCUT2D eigenvalue weighted by molar-refractivity contribution is -0.141. The average Bonchev–Trinajstić information content (AvgIpc) is 2.77. The van der Waals surface area contributed by atoms with E-state index in [9.17, 15) is 14.0 Å². The molecule has 1 heterocycles. The van der Waals surface area contributed by atoms with Crippen molar-refractivity contribution in [2.24, 2.45) is 5.92 Å². The largest absolute Gasteiger partial charge is 0.508 e. The Morgan fingerprint density at radius 1 is 1.39 bits per heavy atom. The first-order valence-corrected chi connectivity index (χ1v) is 5.49. The zero-order chi connectivity index (χ0) is 13.3. The SMILES string of the molecule is O=C(O)C1CCN(C(=O)c2ccc(O)cc2F)C1. The van der Waals surface area contributed by atoms with Crippen molar-refractivity contribution >= 4 is 11.9 Å². The van der Waals surface area contributed by atoms with Gasteiger partial charge in [-0.25, -0.2) is 4.39 Å². The Morgan fingerprint density at radius 2 is 2.11 bits per heavy atom. The third kappa shape index (κ3) is 2.27. The number of nitrogens with zero attached hydrogens (tertiary/aromatic N) is 1. The maximum Gasteiger partial charge on any atom is 0.308 e. The topological polar surface area (TPSA) is 77.8 Å². The van der Waals surface area contributed by atoms with Crippen molar-refractivity contribution in [1.82, 2.24) is 4.90 Å². The van der Waals surface area contributed by atoms with E-state index in [1.54, 1.807) is 0 Å². The Hall–Kier alpha value is -2.11. The summed E-state index contributed by atoms with van der Waals surface area (Å²) in [5.74, 6) is -3.14. The first kappa shape index (κ1) is 12.3. The molecule has 18 heavy (non-hydrogen) atoms. The molecular formula is C12H12FNO4. The van der Waals surface area contributed by atoms with Crippen LogP contribution in [0, 0.1) is 11.7 Å². The number of likely N-dealkylation sites (tertiary alicyclic amines) is 1. The molecule has 1 aromatic carbocycles. The first-order valence-electron chi connectivity index (χ1n) is 5.49.